The van der Waals surface area contributed by atoms with Crippen molar-refractivity contribution < 1.29 is 4.74 Å². The maximum atomic E-state index is 5.68. The average Bonchev–Trinajstić information content (AvgIpc) is 2.69. The third-order valence-corrected chi connectivity index (χ3v) is 2.26. The molecule has 3 N–H and O–H groups in total. The van der Waals surface area contributed by atoms with Crippen molar-refractivity contribution in [1.82, 2.24) is 9.97 Å². The van der Waals surface area contributed by atoms with Crippen molar-refractivity contribution in [3.63, 3.8) is 0 Å². The molecule has 0 amide bonds. The van der Waals surface area contributed by atoms with E-state index in [0.29, 0.717) is 17.6 Å². The molecule has 2 rings (SSSR count). The SMILES string of the molecule is Nc1cncnc1NCC1CCCO1. The first-order valence-corrected chi connectivity index (χ1v) is 4.77. The zero-order valence-electron chi connectivity index (χ0n) is 7.94. The fourth-order valence-electron chi connectivity index (χ4n) is 1.50. The molecular formula is C9H14N4O. The second-order valence-corrected chi connectivity index (χ2v) is 3.34. The summed E-state index contributed by atoms with van der Waals surface area (Å²) in [6, 6.07) is 0. The lowest BCUT2D eigenvalue weighted by Crippen LogP contribution is -2.19. The zero-order valence-corrected chi connectivity index (χ0v) is 7.94. The lowest BCUT2D eigenvalue weighted by Gasteiger charge is -2.11. The summed E-state index contributed by atoms with van der Waals surface area (Å²) in [5.41, 5.74) is 6.25. The molecule has 0 aromatic carbocycles. The molecule has 0 radical (unpaired) electrons. The summed E-state index contributed by atoms with van der Waals surface area (Å²) in [5, 5.41) is 3.15. The minimum atomic E-state index is 0.296. The number of nitrogen functional groups attached to an aromatic ring is 1. The Balaban J connectivity index is 1.88. The van der Waals surface area contributed by atoms with Crippen LogP contribution in [0, 0.1) is 0 Å². The predicted octanol–water partition coefficient (Wildman–Crippen LogP) is 0.650. The van der Waals surface area contributed by atoms with E-state index < -0.39 is 0 Å². The standard InChI is InChI=1S/C9H14N4O/c10-8-5-11-6-13-9(8)12-4-7-2-1-3-14-7/h5-7H,1-4,10H2,(H,11,12,13). The summed E-state index contributed by atoms with van der Waals surface area (Å²) < 4.78 is 5.47. The highest BCUT2D eigenvalue weighted by atomic mass is 16.5. The molecule has 1 unspecified atom stereocenters. The normalized spacial score (nSPS) is 21.0. The van der Waals surface area contributed by atoms with Gasteiger partial charge >= 0.3 is 0 Å². The maximum absolute atomic E-state index is 5.68. The number of aromatic nitrogens is 2. The summed E-state index contributed by atoms with van der Waals surface area (Å²) in [5.74, 6) is 0.690. The highest BCUT2D eigenvalue weighted by molar-refractivity contribution is 5.58. The Morgan fingerprint density at radius 2 is 2.57 bits per heavy atom. The summed E-state index contributed by atoms with van der Waals surface area (Å²) in [7, 11) is 0. The molecule has 1 atom stereocenters. The second-order valence-electron chi connectivity index (χ2n) is 3.34. The van der Waals surface area contributed by atoms with Crippen molar-refractivity contribution >= 4 is 11.5 Å². The van der Waals surface area contributed by atoms with Gasteiger partial charge in [-0.15, -0.1) is 0 Å². The van der Waals surface area contributed by atoms with Crippen molar-refractivity contribution in [1.29, 1.82) is 0 Å². The summed E-state index contributed by atoms with van der Waals surface area (Å²) >= 11 is 0. The molecule has 1 saturated heterocycles. The first-order valence-electron chi connectivity index (χ1n) is 4.77. The number of nitrogens with zero attached hydrogens (tertiary/aromatic N) is 2. The molecule has 5 nitrogen and oxygen atoms in total. The Morgan fingerprint density at radius 3 is 3.29 bits per heavy atom. The van der Waals surface area contributed by atoms with Gasteiger partial charge in [0.1, 0.15) is 6.33 Å². The molecule has 2 heterocycles. The molecule has 76 valence electrons. The Labute approximate surface area is 82.7 Å². The summed E-state index contributed by atoms with van der Waals surface area (Å²) in [4.78, 5) is 7.85. The van der Waals surface area contributed by atoms with E-state index in [9.17, 15) is 0 Å². The van der Waals surface area contributed by atoms with Gasteiger partial charge in [0.15, 0.2) is 5.82 Å². The second kappa shape index (κ2) is 4.23. The molecule has 1 aromatic heterocycles. The molecule has 1 fully saturated rings. The monoisotopic (exact) mass is 194 g/mol. The minimum Gasteiger partial charge on any atom is -0.394 e. The van der Waals surface area contributed by atoms with Gasteiger partial charge in [0.05, 0.1) is 18.0 Å². The predicted molar refractivity (Wildman–Crippen MR) is 53.9 cm³/mol. The molecule has 0 spiro atoms. The van der Waals surface area contributed by atoms with Gasteiger partial charge in [0.2, 0.25) is 0 Å². The van der Waals surface area contributed by atoms with Crippen LogP contribution in [0.25, 0.3) is 0 Å². The van der Waals surface area contributed by atoms with Gasteiger partial charge in [0.25, 0.3) is 0 Å². The molecule has 14 heavy (non-hydrogen) atoms. The quantitative estimate of drug-likeness (QED) is 0.739. The van der Waals surface area contributed by atoms with E-state index in [0.717, 1.165) is 26.0 Å². The number of nitrogens with two attached hydrogens (primary N) is 1. The number of rotatable bonds is 3. The third-order valence-electron chi connectivity index (χ3n) is 2.26. The molecule has 1 aliphatic rings. The largest absolute Gasteiger partial charge is 0.394 e. The third kappa shape index (κ3) is 2.11. The Bertz CT molecular complexity index is 299. The Morgan fingerprint density at radius 1 is 1.64 bits per heavy atom. The molecular weight excluding hydrogens is 180 g/mol. The van der Waals surface area contributed by atoms with Gasteiger partial charge in [-0.3, -0.25) is 0 Å². The first-order chi connectivity index (χ1) is 6.86. The van der Waals surface area contributed by atoms with E-state index in [-0.39, 0.29) is 0 Å². The van der Waals surface area contributed by atoms with Crippen LogP contribution >= 0.6 is 0 Å². The Kier molecular flexibility index (Phi) is 2.78. The van der Waals surface area contributed by atoms with E-state index in [4.69, 9.17) is 10.5 Å². The van der Waals surface area contributed by atoms with E-state index in [1.807, 2.05) is 0 Å². The minimum absolute atomic E-state index is 0.296. The van der Waals surface area contributed by atoms with Crippen LogP contribution in [0.4, 0.5) is 11.5 Å². The molecule has 0 aliphatic carbocycles. The average molecular weight is 194 g/mol. The molecule has 0 bridgehead atoms. The molecule has 5 heteroatoms. The van der Waals surface area contributed by atoms with Crippen LogP contribution < -0.4 is 11.1 Å². The highest BCUT2D eigenvalue weighted by Gasteiger charge is 2.15. The van der Waals surface area contributed by atoms with Crippen molar-refractivity contribution in [2.75, 3.05) is 24.2 Å². The van der Waals surface area contributed by atoms with Crippen LogP contribution in [0.2, 0.25) is 0 Å². The van der Waals surface area contributed by atoms with Crippen LogP contribution in [0.3, 0.4) is 0 Å². The number of ether oxygens (including phenoxy) is 1. The summed E-state index contributed by atoms with van der Waals surface area (Å²) in [6.07, 6.45) is 5.62. The number of nitrogens with one attached hydrogen (secondary N) is 1. The lowest BCUT2D eigenvalue weighted by atomic mass is 10.2. The Hall–Kier alpha value is -1.36. The van der Waals surface area contributed by atoms with Gasteiger partial charge in [0, 0.05) is 13.2 Å². The van der Waals surface area contributed by atoms with Crippen LogP contribution in [0.1, 0.15) is 12.8 Å². The molecule has 0 saturated carbocycles. The van der Waals surface area contributed by atoms with Gasteiger partial charge in [-0.25, -0.2) is 9.97 Å². The highest BCUT2D eigenvalue weighted by Crippen LogP contribution is 2.15. The summed E-state index contributed by atoms with van der Waals surface area (Å²) in [6.45, 7) is 1.63. The van der Waals surface area contributed by atoms with Crippen LogP contribution in [0.15, 0.2) is 12.5 Å². The number of hydrogen-bond donors (Lipinski definition) is 2. The van der Waals surface area contributed by atoms with Gasteiger partial charge in [-0.05, 0) is 12.8 Å². The first kappa shape index (κ1) is 9.21. The van der Waals surface area contributed by atoms with Gasteiger partial charge in [-0.1, -0.05) is 0 Å². The van der Waals surface area contributed by atoms with E-state index in [1.54, 1.807) is 6.20 Å². The van der Waals surface area contributed by atoms with Crippen LogP contribution in [-0.4, -0.2) is 29.2 Å². The fourth-order valence-corrected chi connectivity index (χ4v) is 1.50. The van der Waals surface area contributed by atoms with Gasteiger partial charge < -0.3 is 15.8 Å². The van der Waals surface area contributed by atoms with Crippen molar-refractivity contribution in [3.05, 3.63) is 12.5 Å². The van der Waals surface area contributed by atoms with E-state index >= 15 is 0 Å². The zero-order chi connectivity index (χ0) is 9.80. The lowest BCUT2D eigenvalue weighted by molar-refractivity contribution is 0.120. The topological polar surface area (TPSA) is 73.1 Å². The fraction of sp³-hybridized carbons (Fsp3) is 0.556. The van der Waals surface area contributed by atoms with Crippen molar-refractivity contribution in [2.45, 2.75) is 18.9 Å². The van der Waals surface area contributed by atoms with Crippen molar-refractivity contribution in [3.8, 4) is 0 Å². The molecule has 1 aliphatic heterocycles. The number of hydrogen-bond acceptors (Lipinski definition) is 5. The van der Waals surface area contributed by atoms with E-state index in [1.165, 1.54) is 6.33 Å². The smallest absolute Gasteiger partial charge is 0.152 e. The van der Waals surface area contributed by atoms with Crippen LogP contribution in [0.5, 0.6) is 0 Å². The maximum Gasteiger partial charge on any atom is 0.152 e. The molecule has 1 aromatic rings. The van der Waals surface area contributed by atoms with E-state index in [2.05, 4.69) is 15.3 Å². The van der Waals surface area contributed by atoms with Crippen molar-refractivity contribution in [2.24, 2.45) is 0 Å². The number of anilines is 2. The van der Waals surface area contributed by atoms with Gasteiger partial charge in [-0.2, -0.15) is 0 Å². The van der Waals surface area contributed by atoms with Crippen LogP contribution in [-0.2, 0) is 4.74 Å².